The Morgan fingerprint density at radius 1 is 1.08 bits per heavy atom. The minimum Gasteiger partial charge on any atom is -0.353 e. The van der Waals surface area contributed by atoms with Crippen molar-refractivity contribution in [3.8, 4) is 11.4 Å². The highest BCUT2D eigenvalue weighted by Gasteiger charge is 2.26. The molecule has 2 N–H and O–H groups in total. The molecule has 0 aliphatic carbocycles. The van der Waals surface area contributed by atoms with E-state index in [9.17, 15) is 13.2 Å². The molecule has 5 heterocycles. The van der Waals surface area contributed by atoms with Crippen LogP contribution < -0.4 is 15.5 Å². The van der Waals surface area contributed by atoms with Crippen molar-refractivity contribution in [1.82, 2.24) is 30.6 Å². The first kappa shape index (κ1) is 25.7. The minimum atomic E-state index is -3.47. The summed E-state index contributed by atoms with van der Waals surface area (Å²) >= 11 is 0. The maximum Gasteiger partial charge on any atom is 0.253 e. The van der Waals surface area contributed by atoms with Crippen LogP contribution in [0.2, 0.25) is 0 Å². The van der Waals surface area contributed by atoms with Gasteiger partial charge in [0.2, 0.25) is 0 Å². The average molecular weight is 532 g/mol. The van der Waals surface area contributed by atoms with Crippen LogP contribution in [-0.4, -0.2) is 65.7 Å². The fourth-order valence-corrected chi connectivity index (χ4v) is 4.99. The SMILES string of the molecule is CC1(C)CN(c2cccc(-c3ccc4cnc(CNC(=O)c5cncc(S(C)(=O)=O)c5)cc4n3)n2)CCN1. The number of sulfone groups is 1. The Hall–Kier alpha value is -3.96. The molecule has 0 radical (unpaired) electrons. The zero-order valence-corrected chi connectivity index (χ0v) is 22.3. The van der Waals surface area contributed by atoms with Gasteiger partial charge in [0, 0.05) is 55.4 Å². The fraction of sp³-hybridized carbons (Fsp3) is 0.296. The molecule has 0 saturated carbocycles. The molecule has 1 saturated heterocycles. The molecule has 0 atom stereocenters. The molecule has 5 rings (SSSR count). The van der Waals surface area contributed by atoms with E-state index in [1.807, 2.05) is 36.4 Å². The molecule has 1 amide bonds. The monoisotopic (exact) mass is 531 g/mol. The number of anilines is 1. The lowest BCUT2D eigenvalue weighted by atomic mass is 10.0. The third-order valence-electron chi connectivity index (χ3n) is 6.36. The van der Waals surface area contributed by atoms with E-state index in [1.54, 1.807) is 6.20 Å². The molecule has 0 aromatic carbocycles. The van der Waals surface area contributed by atoms with Crippen molar-refractivity contribution in [3.05, 3.63) is 72.3 Å². The van der Waals surface area contributed by atoms with Gasteiger partial charge in [0.05, 0.1) is 39.6 Å². The van der Waals surface area contributed by atoms with E-state index in [1.165, 1.54) is 18.5 Å². The summed E-state index contributed by atoms with van der Waals surface area (Å²) in [6, 6.07) is 13.0. The van der Waals surface area contributed by atoms with Crippen molar-refractivity contribution >= 4 is 32.5 Å². The zero-order valence-electron chi connectivity index (χ0n) is 21.5. The molecule has 196 valence electrons. The first-order chi connectivity index (χ1) is 18.1. The molecule has 1 aliphatic heterocycles. The highest BCUT2D eigenvalue weighted by atomic mass is 32.2. The molecule has 4 aromatic heterocycles. The highest BCUT2D eigenvalue weighted by molar-refractivity contribution is 7.90. The Balaban J connectivity index is 1.34. The van der Waals surface area contributed by atoms with Crippen molar-refractivity contribution in [2.75, 3.05) is 30.8 Å². The molecular formula is C27H29N7O3S. The Morgan fingerprint density at radius 3 is 2.68 bits per heavy atom. The largest absolute Gasteiger partial charge is 0.353 e. The van der Waals surface area contributed by atoms with Crippen LogP contribution in [0.15, 0.2) is 66.0 Å². The molecule has 11 heteroatoms. The van der Waals surface area contributed by atoms with Crippen LogP contribution in [0.4, 0.5) is 5.82 Å². The van der Waals surface area contributed by atoms with Crippen molar-refractivity contribution in [2.45, 2.75) is 30.8 Å². The van der Waals surface area contributed by atoms with E-state index >= 15 is 0 Å². The van der Waals surface area contributed by atoms with Crippen molar-refractivity contribution < 1.29 is 13.2 Å². The number of pyridine rings is 4. The molecule has 0 unspecified atom stereocenters. The molecule has 0 bridgehead atoms. The van der Waals surface area contributed by atoms with Crippen molar-refractivity contribution in [3.63, 3.8) is 0 Å². The summed E-state index contributed by atoms with van der Waals surface area (Å²) < 4.78 is 23.5. The molecule has 10 nitrogen and oxygen atoms in total. The van der Waals surface area contributed by atoms with Crippen LogP contribution in [-0.2, 0) is 16.4 Å². The predicted molar refractivity (Wildman–Crippen MR) is 146 cm³/mol. The van der Waals surface area contributed by atoms with E-state index in [-0.39, 0.29) is 22.5 Å². The van der Waals surface area contributed by atoms with Gasteiger partial charge >= 0.3 is 0 Å². The number of nitrogens with one attached hydrogen (secondary N) is 2. The molecule has 1 aliphatic rings. The first-order valence-electron chi connectivity index (χ1n) is 12.2. The second-order valence-corrected chi connectivity index (χ2v) is 12.1. The van der Waals surface area contributed by atoms with Gasteiger partial charge in [-0.2, -0.15) is 0 Å². The smallest absolute Gasteiger partial charge is 0.253 e. The molecule has 0 spiro atoms. The van der Waals surface area contributed by atoms with E-state index in [0.717, 1.165) is 54.0 Å². The summed E-state index contributed by atoms with van der Waals surface area (Å²) in [5.41, 5.74) is 3.06. The summed E-state index contributed by atoms with van der Waals surface area (Å²) in [7, 11) is -3.47. The van der Waals surface area contributed by atoms with E-state index in [4.69, 9.17) is 9.97 Å². The quantitative estimate of drug-likeness (QED) is 0.386. The minimum absolute atomic E-state index is 0.0101. The van der Waals surface area contributed by atoms with Crippen LogP contribution in [0, 0.1) is 0 Å². The molecule has 38 heavy (non-hydrogen) atoms. The second kappa shape index (κ2) is 10.1. The third-order valence-corrected chi connectivity index (χ3v) is 7.44. The maximum atomic E-state index is 12.6. The summed E-state index contributed by atoms with van der Waals surface area (Å²) in [6.45, 7) is 7.18. The Bertz CT molecular complexity index is 1620. The third kappa shape index (κ3) is 5.79. The van der Waals surface area contributed by atoms with Gasteiger partial charge in [0.1, 0.15) is 5.82 Å². The number of amides is 1. The Labute approximate surface area is 221 Å². The van der Waals surface area contributed by atoms with Gasteiger partial charge in [-0.1, -0.05) is 6.07 Å². The highest BCUT2D eigenvalue weighted by Crippen LogP contribution is 2.24. The molecule has 4 aromatic rings. The predicted octanol–water partition coefficient (Wildman–Crippen LogP) is 2.61. The lowest BCUT2D eigenvalue weighted by Crippen LogP contribution is -2.57. The van der Waals surface area contributed by atoms with Gasteiger partial charge in [-0.15, -0.1) is 0 Å². The van der Waals surface area contributed by atoms with Gasteiger partial charge in [-0.05, 0) is 50.2 Å². The number of fused-ring (bicyclic) bond motifs is 1. The lowest BCUT2D eigenvalue weighted by molar-refractivity contribution is 0.0950. The van der Waals surface area contributed by atoms with Crippen LogP contribution >= 0.6 is 0 Å². The number of hydrogen-bond acceptors (Lipinski definition) is 9. The summed E-state index contributed by atoms with van der Waals surface area (Å²) in [6.07, 6.45) is 5.33. The van der Waals surface area contributed by atoms with E-state index < -0.39 is 15.7 Å². The average Bonchev–Trinajstić information content (AvgIpc) is 2.90. The van der Waals surface area contributed by atoms with Crippen LogP contribution in [0.3, 0.4) is 0 Å². The number of carbonyl (C=O) groups excluding carboxylic acids is 1. The van der Waals surface area contributed by atoms with Crippen LogP contribution in [0.25, 0.3) is 22.3 Å². The Kier molecular flexibility index (Phi) is 6.80. The number of aromatic nitrogens is 4. The summed E-state index contributed by atoms with van der Waals surface area (Å²) in [5.74, 6) is 0.482. The number of carbonyl (C=O) groups is 1. The first-order valence-corrected chi connectivity index (χ1v) is 14.1. The summed E-state index contributed by atoms with van der Waals surface area (Å²) in [4.78, 5) is 32.9. The lowest BCUT2D eigenvalue weighted by Gasteiger charge is -2.39. The standard InChI is InChI=1S/C27H29N7O3S/c1-27(2)17-34(10-9-31-27)25-6-4-5-22(33-25)23-8-7-18-14-29-20(12-24(18)32-23)15-30-26(35)19-11-21(16-28-13-19)38(3,36)37/h4-8,11-14,16,31H,9-10,15,17H2,1-3H3,(H,30,35). The summed E-state index contributed by atoms with van der Waals surface area (Å²) in [5, 5.41) is 7.16. The topological polar surface area (TPSA) is 130 Å². The van der Waals surface area contributed by atoms with Gasteiger partial charge in [-0.25, -0.2) is 18.4 Å². The number of nitrogens with zero attached hydrogens (tertiary/aromatic N) is 5. The van der Waals surface area contributed by atoms with Crippen LogP contribution in [0.1, 0.15) is 29.9 Å². The number of hydrogen-bond donors (Lipinski definition) is 2. The number of piperazine rings is 1. The molecular weight excluding hydrogens is 502 g/mol. The molecule has 1 fully saturated rings. The number of rotatable bonds is 6. The normalized spacial score (nSPS) is 15.4. The van der Waals surface area contributed by atoms with E-state index in [2.05, 4.69) is 39.3 Å². The van der Waals surface area contributed by atoms with Gasteiger partial charge < -0.3 is 15.5 Å². The van der Waals surface area contributed by atoms with E-state index in [0.29, 0.717) is 5.69 Å². The maximum absolute atomic E-state index is 12.6. The van der Waals surface area contributed by atoms with Crippen molar-refractivity contribution in [2.24, 2.45) is 0 Å². The second-order valence-electron chi connectivity index (χ2n) is 10.0. The Morgan fingerprint density at radius 2 is 1.89 bits per heavy atom. The zero-order chi connectivity index (χ0) is 26.9. The fourth-order valence-electron chi connectivity index (χ4n) is 4.39. The van der Waals surface area contributed by atoms with Gasteiger partial charge in [0.25, 0.3) is 5.91 Å². The van der Waals surface area contributed by atoms with Gasteiger partial charge in [-0.3, -0.25) is 14.8 Å². The van der Waals surface area contributed by atoms with Crippen molar-refractivity contribution in [1.29, 1.82) is 0 Å². The van der Waals surface area contributed by atoms with Crippen LogP contribution in [0.5, 0.6) is 0 Å². The van der Waals surface area contributed by atoms with Gasteiger partial charge in [0.15, 0.2) is 9.84 Å².